The molecular formula is C27H38O5. The van der Waals surface area contributed by atoms with Gasteiger partial charge in [0, 0.05) is 13.8 Å². The fraction of sp³-hybridized carbons (Fsp3) is 0.704. The highest BCUT2D eigenvalue weighted by Gasteiger charge is 2.53. The Balaban J connectivity index is 1.58. The number of carbonyl (C=O) groups excluding carboxylic acids is 2. The van der Waals surface area contributed by atoms with Crippen molar-refractivity contribution in [3.05, 3.63) is 29.3 Å². The van der Waals surface area contributed by atoms with E-state index in [1.165, 1.54) is 57.1 Å². The quantitative estimate of drug-likeness (QED) is 0.444. The van der Waals surface area contributed by atoms with Crippen LogP contribution < -0.4 is 0 Å². The number of carbonyl (C=O) groups is 2. The second-order valence-corrected chi connectivity index (χ2v) is 10.7. The summed E-state index contributed by atoms with van der Waals surface area (Å²) in [5.74, 6) is 2.08. The summed E-state index contributed by atoms with van der Waals surface area (Å²) < 4.78 is 10.9. The predicted octanol–water partition coefficient (Wildman–Crippen LogP) is 5.53. The van der Waals surface area contributed by atoms with E-state index < -0.39 is 0 Å². The number of benzene rings is 1. The SMILES string of the molecule is CC(=O)OCCCC(C[C@@H]1Cc2cc(O)ccc2[C@H]2CC[C@]3(C)CCC[C@H]3[C@H]12)OC(C)=O. The molecule has 2 saturated carbocycles. The number of fused-ring (bicyclic) bond motifs is 5. The highest BCUT2D eigenvalue weighted by molar-refractivity contribution is 5.66. The zero-order valence-corrected chi connectivity index (χ0v) is 19.8. The first-order valence-electron chi connectivity index (χ1n) is 12.4. The van der Waals surface area contributed by atoms with Gasteiger partial charge in [0.15, 0.2) is 0 Å². The minimum absolute atomic E-state index is 0.165. The molecule has 0 amide bonds. The van der Waals surface area contributed by atoms with Crippen LogP contribution >= 0.6 is 0 Å². The van der Waals surface area contributed by atoms with Crippen LogP contribution in [0, 0.1) is 23.2 Å². The summed E-state index contributed by atoms with van der Waals surface area (Å²) in [6, 6.07) is 5.94. The van der Waals surface area contributed by atoms with Crippen molar-refractivity contribution in [3.8, 4) is 5.75 Å². The molecule has 1 unspecified atom stereocenters. The van der Waals surface area contributed by atoms with E-state index in [9.17, 15) is 14.7 Å². The first-order chi connectivity index (χ1) is 15.3. The standard InChI is InChI=1S/C27H38O5/c1-17(28)31-13-5-6-22(32-18(2)29)16-20-14-19-15-21(30)8-9-23(19)24-10-12-27(3)11-4-7-25(27)26(20)24/h8-9,15,20,22,24-26,30H,4-7,10-14,16H2,1-3H3/t20-,22?,24+,25-,26+,27-/m0/s1. The first kappa shape index (κ1) is 23.1. The number of hydrogen-bond acceptors (Lipinski definition) is 5. The van der Waals surface area contributed by atoms with E-state index in [0.29, 0.717) is 54.3 Å². The Bertz CT molecular complexity index is 848. The fourth-order valence-electron chi connectivity index (χ4n) is 7.32. The monoisotopic (exact) mass is 442 g/mol. The van der Waals surface area contributed by atoms with Crippen molar-refractivity contribution in [2.45, 2.75) is 90.6 Å². The molecule has 5 heteroatoms. The number of phenolic OH excluding ortho intramolecular Hbond substituents is 1. The molecule has 2 fully saturated rings. The smallest absolute Gasteiger partial charge is 0.302 e. The van der Waals surface area contributed by atoms with Gasteiger partial charge in [0.2, 0.25) is 0 Å². The molecule has 1 aromatic rings. The van der Waals surface area contributed by atoms with Crippen LogP contribution in [0.3, 0.4) is 0 Å². The minimum Gasteiger partial charge on any atom is -0.508 e. The van der Waals surface area contributed by atoms with Crippen molar-refractivity contribution < 1.29 is 24.2 Å². The summed E-state index contributed by atoms with van der Waals surface area (Å²) in [6.45, 7) is 5.75. The molecule has 3 aliphatic rings. The lowest BCUT2D eigenvalue weighted by Gasteiger charge is -2.53. The molecule has 0 spiro atoms. The van der Waals surface area contributed by atoms with Crippen LogP contribution in [0.25, 0.3) is 0 Å². The summed E-state index contributed by atoms with van der Waals surface area (Å²) in [5.41, 5.74) is 3.12. The number of esters is 2. The Morgan fingerprint density at radius 2 is 2.00 bits per heavy atom. The summed E-state index contributed by atoms with van der Waals surface area (Å²) in [6.07, 6.45) is 9.42. The number of hydrogen-bond donors (Lipinski definition) is 1. The van der Waals surface area contributed by atoms with E-state index in [1.54, 1.807) is 0 Å². The Morgan fingerprint density at radius 3 is 2.75 bits per heavy atom. The molecule has 4 rings (SSSR count). The van der Waals surface area contributed by atoms with Gasteiger partial charge in [-0.25, -0.2) is 0 Å². The van der Waals surface area contributed by atoms with Gasteiger partial charge in [0.25, 0.3) is 0 Å². The van der Waals surface area contributed by atoms with Gasteiger partial charge in [0.1, 0.15) is 11.9 Å². The zero-order chi connectivity index (χ0) is 22.9. The third kappa shape index (κ3) is 4.82. The second-order valence-electron chi connectivity index (χ2n) is 10.7. The molecule has 0 aromatic heterocycles. The Kier molecular flexibility index (Phi) is 6.83. The lowest BCUT2D eigenvalue weighted by atomic mass is 9.52. The molecule has 0 radical (unpaired) electrons. The second kappa shape index (κ2) is 9.44. The van der Waals surface area contributed by atoms with Crippen molar-refractivity contribution in [2.75, 3.05) is 6.61 Å². The van der Waals surface area contributed by atoms with Gasteiger partial charge >= 0.3 is 11.9 Å². The van der Waals surface area contributed by atoms with Crippen molar-refractivity contribution in [2.24, 2.45) is 23.2 Å². The molecule has 1 N–H and O–H groups in total. The summed E-state index contributed by atoms with van der Waals surface area (Å²) in [7, 11) is 0. The largest absolute Gasteiger partial charge is 0.508 e. The normalized spacial score (nSPS) is 31.7. The molecule has 0 aliphatic heterocycles. The maximum Gasteiger partial charge on any atom is 0.302 e. The molecule has 1 aromatic carbocycles. The predicted molar refractivity (Wildman–Crippen MR) is 122 cm³/mol. The van der Waals surface area contributed by atoms with Gasteiger partial charge in [-0.1, -0.05) is 19.4 Å². The molecule has 0 saturated heterocycles. The van der Waals surface area contributed by atoms with E-state index in [1.807, 2.05) is 12.1 Å². The molecule has 176 valence electrons. The molecule has 6 atom stereocenters. The maximum atomic E-state index is 11.9. The Hall–Kier alpha value is -2.04. The van der Waals surface area contributed by atoms with E-state index in [0.717, 1.165) is 12.8 Å². The Morgan fingerprint density at radius 1 is 1.19 bits per heavy atom. The number of aromatic hydroxyl groups is 1. The van der Waals surface area contributed by atoms with Crippen LogP contribution in [0.4, 0.5) is 0 Å². The topological polar surface area (TPSA) is 72.8 Å². The molecule has 0 bridgehead atoms. The number of rotatable bonds is 7. The minimum atomic E-state index is -0.275. The molecule has 3 aliphatic carbocycles. The molecule has 5 nitrogen and oxygen atoms in total. The number of ether oxygens (including phenoxy) is 2. The van der Waals surface area contributed by atoms with Gasteiger partial charge in [-0.2, -0.15) is 0 Å². The van der Waals surface area contributed by atoms with Gasteiger partial charge in [0.05, 0.1) is 6.61 Å². The van der Waals surface area contributed by atoms with E-state index in [-0.39, 0.29) is 18.0 Å². The van der Waals surface area contributed by atoms with Crippen LogP contribution in [0.1, 0.15) is 89.2 Å². The molecule has 0 heterocycles. The average Bonchev–Trinajstić information content (AvgIpc) is 3.11. The highest BCUT2D eigenvalue weighted by Crippen LogP contribution is 2.62. The molecule has 32 heavy (non-hydrogen) atoms. The summed E-state index contributed by atoms with van der Waals surface area (Å²) in [5, 5.41) is 10.1. The van der Waals surface area contributed by atoms with Crippen molar-refractivity contribution in [3.63, 3.8) is 0 Å². The third-order valence-electron chi connectivity index (χ3n) is 8.54. The zero-order valence-electron chi connectivity index (χ0n) is 19.8. The van der Waals surface area contributed by atoms with Crippen LogP contribution in [-0.4, -0.2) is 29.8 Å². The average molecular weight is 443 g/mol. The lowest BCUT2D eigenvalue weighted by Crippen LogP contribution is -2.45. The maximum absolute atomic E-state index is 11.9. The molecular weight excluding hydrogens is 404 g/mol. The fourth-order valence-corrected chi connectivity index (χ4v) is 7.32. The lowest BCUT2D eigenvalue weighted by molar-refractivity contribution is -0.149. The van der Waals surface area contributed by atoms with Gasteiger partial charge in [-0.15, -0.1) is 0 Å². The van der Waals surface area contributed by atoms with Crippen LogP contribution in [0.15, 0.2) is 18.2 Å². The summed E-state index contributed by atoms with van der Waals surface area (Å²) in [4.78, 5) is 22.9. The van der Waals surface area contributed by atoms with Gasteiger partial charge in [-0.05, 0) is 104 Å². The van der Waals surface area contributed by atoms with Crippen molar-refractivity contribution in [1.29, 1.82) is 0 Å². The van der Waals surface area contributed by atoms with E-state index in [2.05, 4.69) is 13.0 Å². The van der Waals surface area contributed by atoms with Crippen LogP contribution in [0.5, 0.6) is 5.75 Å². The van der Waals surface area contributed by atoms with Crippen LogP contribution in [-0.2, 0) is 25.5 Å². The highest BCUT2D eigenvalue weighted by atomic mass is 16.5. The van der Waals surface area contributed by atoms with E-state index in [4.69, 9.17) is 9.47 Å². The van der Waals surface area contributed by atoms with Gasteiger partial charge < -0.3 is 14.6 Å². The van der Waals surface area contributed by atoms with Crippen molar-refractivity contribution in [1.82, 2.24) is 0 Å². The first-order valence-corrected chi connectivity index (χ1v) is 12.4. The van der Waals surface area contributed by atoms with E-state index >= 15 is 0 Å². The third-order valence-corrected chi connectivity index (χ3v) is 8.54. The Labute approximate surface area is 191 Å². The van der Waals surface area contributed by atoms with Crippen molar-refractivity contribution >= 4 is 11.9 Å². The van der Waals surface area contributed by atoms with Gasteiger partial charge in [-0.3, -0.25) is 9.59 Å². The number of phenols is 1. The van der Waals surface area contributed by atoms with Crippen LogP contribution in [0.2, 0.25) is 0 Å². The summed E-state index contributed by atoms with van der Waals surface area (Å²) >= 11 is 0.